The molecule has 1 aliphatic carbocycles. The number of rotatable bonds is 1. The standard InChI is InChI=1S/C9H14N2O/c1-7(12)11-8-4-3-5-9(2,10)6-8/h3-5H,6,10H2,1-2H3,(H,11,12). The summed E-state index contributed by atoms with van der Waals surface area (Å²) in [5.41, 5.74) is 6.42. The first-order chi connectivity index (χ1) is 5.49. The SMILES string of the molecule is CC(=O)NC1=CC=CC(C)(N)C1. The number of hydrogen-bond donors (Lipinski definition) is 2. The van der Waals surface area contributed by atoms with E-state index < -0.39 is 0 Å². The van der Waals surface area contributed by atoms with Gasteiger partial charge in [0.25, 0.3) is 0 Å². The van der Waals surface area contributed by atoms with Gasteiger partial charge in [-0.1, -0.05) is 12.2 Å². The van der Waals surface area contributed by atoms with Crippen LogP contribution in [0.4, 0.5) is 0 Å². The molecule has 0 bridgehead atoms. The number of carbonyl (C=O) groups is 1. The van der Waals surface area contributed by atoms with Crippen LogP contribution < -0.4 is 11.1 Å². The second kappa shape index (κ2) is 3.11. The van der Waals surface area contributed by atoms with Crippen molar-refractivity contribution in [3.8, 4) is 0 Å². The van der Waals surface area contributed by atoms with Crippen molar-refractivity contribution in [2.24, 2.45) is 5.73 Å². The fraction of sp³-hybridized carbons (Fsp3) is 0.444. The van der Waals surface area contributed by atoms with Crippen molar-refractivity contribution < 1.29 is 4.79 Å². The number of nitrogens with two attached hydrogens (primary N) is 1. The smallest absolute Gasteiger partial charge is 0.220 e. The van der Waals surface area contributed by atoms with Crippen LogP contribution in [0.25, 0.3) is 0 Å². The van der Waals surface area contributed by atoms with E-state index in [4.69, 9.17) is 5.73 Å². The molecule has 1 atom stereocenters. The van der Waals surface area contributed by atoms with Crippen LogP contribution in [0.1, 0.15) is 20.3 Å². The van der Waals surface area contributed by atoms with Gasteiger partial charge in [0.05, 0.1) is 0 Å². The predicted octanol–water partition coefficient (Wildman–Crippen LogP) is 0.684. The molecule has 0 aliphatic heterocycles. The third-order valence-electron chi connectivity index (χ3n) is 1.68. The molecule has 3 heteroatoms. The fourth-order valence-corrected chi connectivity index (χ4v) is 1.22. The Labute approximate surface area is 72.3 Å². The summed E-state index contributed by atoms with van der Waals surface area (Å²) < 4.78 is 0. The molecule has 3 N–H and O–H groups in total. The average Bonchev–Trinajstić information content (AvgIpc) is 1.82. The van der Waals surface area contributed by atoms with Gasteiger partial charge in [0.2, 0.25) is 5.91 Å². The molecule has 1 rings (SSSR count). The Hall–Kier alpha value is -1.09. The molecule has 12 heavy (non-hydrogen) atoms. The van der Waals surface area contributed by atoms with E-state index in [1.165, 1.54) is 6.92 Å². The van der Waals surface area contributed by atoms with Crippen molar-refractivity contribution in [2.45, 2.75) is 25.8 Å². The van der Waals surface area contributed by atoms with Crippen LogP contribution in [-0.4, -0.2) is 11.4 Å². The molecular formula is C9H14N2O. The third-order valence-corrected chi connectivity index (χ3v) is 1.68. The van der Waals surface area contributed by atoms with Gasteiger partial charge < -0.3 is 11.1 Å². The Morgan fingerprint density at radius 2 is 2.42 bits per heavy atom. The molecule has 0 aromatic carbocycles. The maximum Gasteiger partial charge on any atom is 0.220 e. The normalized spacial score (nSPS) is 28.1. The summed E-state index contributed by atoms with van der Waals surface area (Å²) in [5, 5.41) is 2.73. The van der Waals surface area contributed by atoms with Gasteiger partial charge >= 0.3 is 0 Å². The summed E-state index contributed by atoms with van der Waals surface area (Å²) in [6.07, 6.45) is 6.35. The number of hydrogen-bond acceptors (Lipinski definition) is 2. The average molecular weight is 166 g/mol. The van der Waals surface area contributed by atoms with Gasteiger partial charge in [-0.15, -0.1) is 0 Å². The van der Waals surface area contributed by atoms with E-state index >= 15 is 0 Å². The van der Waals surface area contributed by atoms with Gasteiger partial charge in [-0.25, -0.2) is 0 Å². The van der Waals surface area contributed by atoms with Crippen LogP contribution in [-0.2, 0) is 4.79 Å². The van der Waals surface area contributed by atoms with E-state index in [0.717, 1.165) is 5.70 Å². The van der Waals surface area contributed by atoms with Crippen molar-refractivity contribution >= 4 is 5.91 Å². The molecule has 0 aromatic rings. The maximum absolute atomic E-state index is 10.7. The van der Waals surface area contributed by atoms with E-state index in [-0.39, 0.29) is 11.4 Å². The monoisotopic (exact) mass is 166 g/mol. The van der Waals surface area contributed by atoms with Crippen LogP contribution >= 0.6 is 0 Å². The van der Waals surface area contributed by atoms with Gasteiger partial charge in [-0.2, -0.15) is 0 Å². The second-order valence-electron chi connectivity index (χ2n) is 3.41. The zero-order chi connectivity index (χ0) is 9.19. The Morgan fingerprint density at radius 1 is 1.75 bits per heavy atom. The quantitative estimate of drug-likeness (QED) is 0.602. The molecule has 66 valence electrons. The van der Waals surface area contributed by atoms with Gasteiger partial charge in [0.15, 0.2) is 0 Å². The van der Waals surface area contributed by atoms with Crippen molar-refractivity contribution in [2.75, 3.05) is 0 Å². The van der Waals surface area contributed by atoms with Crippen molar-refractivity contribution in [3.05, 3.63) is 23.9 Å². The highest BCUT2D eigenvalue weighted by molar-refractivity contribution is 5.75. The minimum atomic E-state index is -0.327. The summed E-state index contributed by atoms with van der Waals surface area (Å²) >= 11 is 0. The lowest BCUT2D eigenvalue weighted by Crippen LogP contribution is -2.38. The maximum atomic E-state index is 10.7. The van der Waals surface area contributed by atoms with Crippen LogP contribution in [0.5, 0.6) is 0 Å². The minimum Gasteiger partial charge on any atom is -0.330 e. The molecule has 0 fully saturated rings. The molecule has 0 saturated carbocycles. The van der Waals surface area contributed by atoms with Gasteiger partial charge in [0.1, 0.15) is 0 Å². The van der Waals surface area contributed by atoms with Gasteiger partial charge in [-0.05, 0) is 13.0 Å². The number of allylic oxidation sites excluding steroid dienone is 2. The van der Waals surface area contributed by atoms with Gasteiger partial charge in [-0.3, -0.25) is 4.79 Å². The van der Waals surface area contributed by atoms with Crippen LogP contribution in [0.15, 0.2) is 23.9 Å². The summed E-state index contributed by atoms with van der Waals surface area (Å²) in [5.74, 6) is -0.0487. The molecule has 0 aromatic heterocycles. The number of carbonyl (C=O) groups excluding carboxylic acids is 1. The van der Waals surface area contributed by atoms with E-state index in [9.17, 15) is 4.79 Å². The molecule has 1 unspecified atom stereocenters. The predicted molar refractivity (Wildman–Crippen MR) is 48.2 cm³/mol. The number of nitrogens with one attached hydrogen (secondary N) is 1. The fourth-order valence-electron chi connectivity index (χ4n) is 1.22. The summed E-state index contributed by atoms with van der Waals surface area (Å²) in [7, 11) is 0. The second-order valence-corrected chi connectivity index (χ2v) is 3.41. The molecule has 0 heterocycles. The van der Waals surface area contributed by atoms with Crippen molar-refractivity contribution in [3.63, 3.8) is 0 Å². The van der Waals surface area contributed by atoms with Crippen LogP contribution in [0, 0.1) is 0 Å². The van der Waals surface area contributed by atoms with E-state index in [1.807, 2.05) is 25.2 Å². The zero-order valence-electron chi connectivity index (χ0n) is 7.42. The molecule has 0 radical (unpaired) electrons. The highest BCUT2D eigenvalue weighted by Crippen LogP contribution is 2.17. The van der Waals surface area contributed by atoms with E-state index in [0.29, 0.717) is 6.42 Å². The topological polar surface area (TPSA) is 55.1 Å². The summed E-state index contributed by atoms with van der Waals surface area (Å²) in [6, 6.07) is 0. The Kier molecular flexibility index (Phi) is 2.33. The van der Waals surface area contributed by atoms with Gasteiger partial charge in [0, 0.05) is 24.6 Å². The summed E-state index contributed by atoms with van der Waals surface area (Å²) in [4.78, 5) is 10.7. The molecule has 1 amide bonds. The van der Waals surface area contributed by atoms with E-state index in [2.05, 4.69) is 5.32 Å². The molecule has 0 spiro atoms. The highest BCUT2D eigenvalue weighted by Gasteiger charge is 2.19. The number of amides is 1. The zero-order valence-corrected chi connectivity index (χ0v) is 7.42. The van der Waals surface area contributed by atoms with Crippen LogP contribution in [0.2, 0.25) is 0 Å². The van der Waals surface area contributed by atoms with Crippen molar-refractivity contribution in [1.29, 1.82) is 0 Å². The summed E-state index contributed by atoms with van der Waals surface area (Å²) in [6.45, 7) is 3.42. The Bertz CT molecular complexity index is 251. The Morgan fingerprint density at radius 3 is 2.92 bits per heavy atom. The lowest BCUT2D eigenvalue weighted by atomic mass is 9.93. The molecular weight excluding hydrogens is 152 g/mol. The lowest BCUT2D eigenvalue weighted by molar-refractivity contribution is -0.118. The molecule has 0 saturated heterocycles. The first-order valence-corrected chi connectivity index (χ1v) is 3.94. The third kappa shape index (κ3) is 2.51. The Balaban J connectivity index is 2.64. The minimum absolute atomic E-state index is 0.0487. The lowest BCUT2D eigenvalue weighted by Gasteiger charge is -2.24. The first kappa shape index (κ1) is 9.00. The van der Waals surface area contributed by atoms with E-state index in [1.54, 1.807) is 0 Å². The van der Waals surface area contributed by atoms with Crippen LogP contribution in [0.3, 0.4) is 0 Å². The highest BCUT2D eigenvalue weighted by atomic mass is 16.1. The molecule has 1 aliphatic rings. The first-order valence-electron chi connectivity index (χ1n) is 3.94. The van der Waals surface area contributed by atoms with Crippen molar-refractivity contribution in [1.82, 2.24) is 5.32 Å². The largest absolute Gasteiger partial charge is 0.330 e. The molecule has 3 nitrogen and oxygen atoms in total.